The fourth-order valence-corrected chi connectivity index (χ4v) is 1.02. The van der Waals surface area contributed by atoms with Crippen LogP contribution in [0.4, 0.5) is 0 Å². The van der Waals surface area contributed by atoms with Crippen LogP contribution in [-0.4, -0.2) is 29.5 Å². The van der Waals surface area contributed by atoms with E-state index < -0.39 is 17.3 Å². The second-order valence-corrected chi connectivity index (χ2v) is 2.82. The normalized spacial score (nSPS) is 14.7. The van der Waals surface area contributed by atoms with Gasteiger partial charge in [-0.15, -0.1) is 0 Å². The number of methoxy groups -OCH3 is 1. The first-order valence-corrected chi connectivity index (χ1v) is 3.82. The van der Waals surface area contributed by atoms with Gasteiger partial charge in [0.25, 0.3) is 0 Å². The van der Waals surface area contributed by atoms with E-state index in [0.717, 1.165) is 0 Å². The highest BCUT2D eigenvalue weighted by Gasteiger charge is 2.24. The Kier molecular flexibility index (Phi) is 4.66. The van der Waals surface area contributed by atoms with Gasteiger partial charge >= 0.3 is 5.97 Å². The molecule has 5 heteroatoms. The minimum absolute atomic E-state index is 0.577. The lowest BCUT2D eigenvalue weighted by Gasteiger charge is -2.11. The molecule has 0 aromatic carbocycles. The van der Waals surface area contributed by atoms with Gasteiger partial charge in [0.1, 0.15) is 10.7 Å². The molecule has 0 bridgehead atoms. The van der Waals surface area contributed by atoms with Gasteiger partial charge in [0, 0.05) is 0 Å². The third-order valence-corrected chi connectivity index (χ3v) is 2.00. The van der Waals surface area contributed by atoms with Crippen LogP contribution in [0.2, 0.25) is 0 Å². The molecule has 2 atom stereocenters. The zero-order chi connectivity index (χ0) is 8.85. The molecule has 11 heavy (non-hydrogen) atoms. The highest BCUT2D eigenvalue weighted by molar-refractivity contribution is 8.05. The van der Waals surface area contributed by atoms with Crippen LogP contribution in [0.1, 0.15) is 6.92 Å². The number of aliphatic hydroxyl groups is 1. The molecule has 0 saturated heterocycles. The summed E-state index contributed by atoms with van der Waals surface area (Å²) >= 11 is 0.698. The van der Waals surface area contributed by atoms with Gasteiger partial charge in [-0.1, -0.05) is 0 Å². The summed E-state index contributed by atoms with van der Waals surface area (Å²) in [5.74, 6) is -0.577. The summed E-state index contributed by atoms with van der Waals surface area (Å²) in [5.41, 5.74) is 0. The van der Waals surface area contributed by atoms with Crippen LogP contribution < -0.4 is 0 Å². The Morgan fingerprint density at radius 2 is 2.36 bits per heavy atom. The maximum Gasteiger partial charge on any atom is 0.322 e. The van der Waals surface area contributed by atoms with E-state index in [2.05, 4.69) is 4.74 Å². The number of carbonyl (C=O) groups is 1. The highest BCUT2D eigenvalue weighted by atomic mass is 32.2. The average molecular weight is 175 g/mol. The van der Waals surface area contributed by atoms with E-state index in [4.69, 9.17) is 10.4 Å². The lowest BCUT2D eigenvalue weighted by Crippen LogP contribution is -2.29. The van der Waals surface area contributed by atoms with Gasteiger partial charge in [-0.25, -0.2) is 0 Å². The first-order valence-electron chi connectivity index (χ1n) is 2.94. The molecule has 0 radical (unpaired) electrons. The summed E-state index contributed by atoms with van der Waals surface area (Å²) in [6.07, 6.45) is -0.868. The van der Waals surface area contributed by atoms with E-state index in [9.17, 15) is 4.79 Å². The third-order valence-electron chi connectivity index (χ3n) is 1.05. The second kappa shape index (κ2) is 4.99. The van der Waals surface area contributed by atoms with E-state index in [0.29, 0.717) is 11.8 Å². The zero-order valence-electron chi connectivity index (χ0n) is 6.27. The minimum Gasteiger partial charge on any atom is -0.468 e. The molecule has 0 fully saturated rings. The number of nitrogens with zero attached hydrogens (tertiary/aromatic N) is 1. The van der Waals surface area contributed by atoms with E-state index in [1.807, 2.05) is 0 Å². The predicted octanol–water partition coefficient (Wildman–Crippen LogP) is 0.123. The number of thiocyanates is 1. The lowest BCUT2D eigenvalue weighted by atomic mass is 10.3. The van der Waals surface area contributed by atoms with Crippen molar-refractivity contribution in [3.63, 3.8) is 0 Å². The number of ether oxygens (including phenoxy) is 1. The molecule has 62 valence electrons. The Bertz CT molecular complexity index is 175. The molecule has 0 spiro atoms. The smallest absolute Gasteiger partial charge is 0.322 e. The van der Waals surface area contributed by atoms with Crippen LogP contribution in [0.5, 0.6) is 0 Å². The number of nitriles is 1. The molecule has 0 heterocycles. The van der Waals surface area contributed by atoms with Gasteiger partial charge in [-0.2, -0.15) is 5.26 Å². The molecule has 1 N–H and O–H groups in total. The van der Waals surface area contributed by atoms with Crippen LogP contribution >= 0.6 is 11.8 Å². The Balaban J connectivity index is 4.12. The van der Waals surface area contributed by atoms with Crippen molar-refractivity contribution in [3.8, 4) is 5.40 Å². The number of aliphatic hydroxyl groups excluding tert-OH is 1. The van der Waals surface area contributed by atoms with Crippen molar-refractivity contribution >= 4 is 17.7 Å². The Morgan fingerprint density at radius 1 is 1.82 bits per heavy atom. The van der Waals surface area contributed by atoms with Gasteiger partial charge in [-0.3, -0.25) is 4.79 Å². The van der Waals surface area contributed by atoms with Gasteiger partial charge in [0.15, 0.2) is 0 Å². The van der Waals surface area contributed by atoms with Crippen molar-refractivity contribution in [3.05, 3.63) is 0 Å². The monoisotopic (exact) mass is 175 g/mol. The molecule has 0 unspecified atom stereocenters. The molecule has 0 aliphatic heterocycles. The fraction of sp³-hybridized carbons (Fsp3) is 0.667. The standard InChI is InChI=1S/C6H9NO3S/c1-4(8)5(11-3-7)6(9)10-2/h4-5,8H,1-2H3/t4-,5-/m1/s1. The van der Waals surface area contributed by atoms with Crippen LogP contribution in [0.25, 0.3) is 0 Å². The van der Waals surface area contributed by atoms with Crippen LogP contribution in [-0.2, 0) is 9.53 Å². The summed E-state index contributed by atoms with van der Waals surface area (Å²) in [4.78, 5) is 10.8. The van der Waals surface area contributed by atoms with Crippen molar-refractivity contribution in [2.45, 2.75) is 18.3 Å². The summed E-state index contributed by atoms with van der Waals surface area (Å²) < 4.78 is 4.36. The topological polar surface area (TPSA) is 70.3 Å². The molecule has 0 rings (SSSR count). The molecular weight excluding hydrogens is 166 g/mol. The summed E-state index contributed by atoms with van der Waals surface area (Å²) in [7, 11) is 1.22. The highest BCUT2D eigenvalue weighted by Crippen LogP contribution is 2.14. The van der Waals surface area contributed by atoms with Crippen LogP contribution in [0.15, 0.2) is 0 Å². The first kappa shape index (κ1) is 10.3. The maximum atomic E-state index is 10.8. The van der Waals surface area contributed by atoms with Crippen molar-refractivity contribution in [1.29, 1.82) is 5.26 Å². The van der Waals surface area contributed by atoms with Gasteiger partial charge in [0.05, 0.1) is 13.2 Å². The van der Waals surface area contributed by atoms with Gasteiger partial charge in [-0.05, 0) is 18.7 Å². The van der Waals surface area contributed by atoms with E-state index >= 15 is 0 Å². The number of hydrogen-bond acceptors (Lipinski definition) is 5. The Morgan fingerprint density at radius 3 is 2.64 bits per heavy atom. The second-order valence-electron chi connectivity index (χ2n) is 1.89. The number of hydrogen-bond donors (Lipinski definition) is 1. The molecule has 4 nitrogen and oxygen atoms in total. The Hall–Kier alpha value is -0.730. The molecule has 0 saturated carbocycles. The third kappa shape index (κ3) is 3.25. The number of carbonyl (C=O) groups excluding carboxylic acids is 1. The lowest BCUT2D eigenvalue weighted by molar-refractivity contribution is -0.141. The van der Waals surface area contributed by atoms with Gasteiger partial charge < -0.3 is 9.84 Å². The van der Waals surface area contributed by atoms with Crippen molar-refractivity contribution < 1.29 is 14.6 Å². The molecule has 0 aliphatic carbocycles. The minimum atomic E-state index is -0.868. The van der Waals surface area contributed by atoms with E-state index in [-0.39, 0.29) is 0 Å². The summed E-state index contributed by atoms with van der Waals surface area (Å²) in [6, 6.07) is 0. The van der Waals surface area contributed by atoms with E-state index in [1.165, 1.54) is 14.0 Å². The van der Waals surface area contributed by atoms with Crippen molar-refractivity contribution in [2.24, 2.45) is 0 Å². The zero-order valence-corrected chi connectivity index (χ0v) is 7.09. The summed E-state index contributed by atoms with van der Waals surface area (Å²) in [5, 5.41) is 18.1. The maximum absolute atomic E-state index is 10.8. The average Bonchev–Trinajstić information content (AvgIpc) is 1.98. The van der Waals surface area contributed by atoms with E-state index in [1.54, 1.807) is 5.40 Å². The molecule has 0 aromatic rings. The Labute approximate surface area is 69.1 Å². The van der Waals surface area contributed by atoms with Crippen molar-refractivity contribution in [1.82, 2.24) is 0 Å². The molecule has 0 aromatic heterocycles. The fourth-order valence-electron chi connectivity index (χ4n) is 0.516. The molecule has 0 amide bonds. The SMILES string of the molecule is COC(=O)[C@H](SC#N)[C@@H](C)O. The number of esters is 1. The first-order chi connectivity index (χ1) is 5.13. The molecule has 0 aliphatic rings. The van der Waals surface area contributed by atoms with Gasteiger partial charge in [0.2, 0.25) is 0 Å². The number of rotatable bonds is 3. The van der Waals surface area contributed by atoms with Crippen LogP contribution in [0, 0.1) is 10.7 Å². The largest absolute Gasteiger partial charge is 0.468 e. The quantitative estimate of drug-likeness (QED) is 0.487. The predicted molar refractivity (Wildman–Crippen MR) is 40.7 cm³/mol. The summed E-state index contributed by atoms with van der Waals surface area (Å²) in [6.45, 7) is 1.44. The number of thioether (sulfide) groups is 1. The van der Waals surface area contributed by atoms with Crippen LogP contribution in [0.3, 0.4) is 0 Å². The van der Waals surface area contributed by atoms with Crippen molar-refractivity contribution in [2.75, 3.05) is 7.11 Å². The molecular formula is C6H9NO3S.